The predicted octanol–water partition coefficient (Wildman–Crippen LogP) is 6.65. The second kappa shape index (κ2) is 8.27. The molecule has 0 saturated carbocycles. The van der Waals surface area contributed by atoms with Crippen LogP contribution in [0.1, 0.15) is 30.0 Å². The van der Waals surface area contributed by atoms with Gasteiger partial charge >= 0.3 is 6.36 Å². The Hall–Kier alpha value is -3.21. The van der Waals surface area contributed by atoms with E-state index < -0.39 is 40.9 Å². The summed E-state index contributed by atoms with van der Waals surface area (Å²) in [6, 6.07) is 6.52. The fraction of sp³-hybridized carbons (Fsp3) is 0.182. The molecule has 0 aliphatic rings. The smallest absolute Gasteiger partial charge is 0.399 e. The Kier molecular flexibility index (Phi) is 5.92. The van der Waals surface area contributed by atoms with E-state index >= 15 is 0 Å². The zero-order valence-electron chi connectivity index (χ0n) is 15.4. The van der Waals surface area contributed by atoms with Gasteiger partial charge < -0.3 is 4.74 Å². The zero-order valence-corrected chi connectivity index (χ0v) is 15.4. The summed E-state index contributed by atoms with van der Waals surface area (Å²) in [6.07, 6.45) is -4.05. The lowest BCUT2D eigenvalue weighted by Gasteiger charge is -2.12. The molecule has 0 amide bonds. The fourth-order valence-corrected chi connectivity index (χ4v) is 2.91. The first-order chi connectivity index (χ1) is 14.1. The van der Waals surface area contributed by atoms with Crippen molar-refractivity contribution in [1.82, 2.24) is 0 Å². The molecule has 0 aliphatic carbocycles. The Morgan fingerprint density at radius 1 is 0.867 bits per heavy atom. The number of alkyl halides is 3. The minimum Gasteiger partial charge on any atom is -0.399 e. The van der Waals surface area contributed by atoms with E-state index in [1.165, 1.54) is 24.3 Å². The van der Waals surface area contributed by atoms with Gasteiger partial charge in [0.2, 0.25) is 5.75 Å². The van der Waals surface area contributed by atoms with E-state index in [0.717, 1.165) is 6.07 Å². The van der Waals surface area contributed by atoms with E-state index in [-0.39, 0.29) is 16.3 Å². The Balaban J connectivity index is 2.00. The van der Waals surface area contributed by atoms with Crippen LogP contribution >= 0.6 is 0 Å². The van der Waals surface area contributed by atoms with Gasteiger partial charge in [-0.2, -0.15) is 0 Å². The molecule has 3 aromatic rings. The minimum absolute atomic E-state index is 0.0921. The van der Waals surface area contributed by atoms with Crippen LogP contribution in [0.2, 0.25) is 0 Å². The number of halogens is 7. The van der Waals surface area contributed by atoms with Gasteiger partial charge in [0.25, 0.3) is 0 Å². The number of hydrogen-bond donors (Lipinski definition) is 0. The normalized spacial score (nSPS) is 11.3. The molecule has 0 N–H and O–H groups in total. The van der Waals surface area contributed by atoms with Gasteiger partial charge in [-0.3, -0.25) is 0 Å². The van der Waals surface area contributed by atoms with Crippen molar-refractivity contribution < 1.29 is 35.5 Å². The van der Waals surface area contributed by atoms with Crippen molar-refractivity contribution in [2.24, 2.45) is 0 Å². The Bertz CT molecular complexity index is 1150. The van der Waals surface area contributed by atoms with Crippen LogP contribution in [0.3, 0.4) is 0 Å². The number of aryl methyl sites for hydroxylation is 1. The van der Waals surface area contributed by atoms with Crippen molar-refractivity contribution in [1.29, 1.82) is 0 Å². The lowest BCUT2D eigenvalue weighted by atomic mass is 10.0. The summed E-state index contributed by atoms with van der Waals surface area (Å²) in [5.41, 5.74) is 0.190. The molecule has 3 rings (SSSR count). The topological polar surface area (TPSA) is 9.23 Å². The highest BCUT2D eigenvalue weighted by Gasteiger charge is 2.34. The Morgan fingerprint density at radius 2 is 1.53 bits per heavy atom. The van der Waals surface area contributed by atoms with E-state index in [1.54, 1.807) is 0 Å². The average Bonchev–Trinajstić information content (AvgIpc) is 2.64. The molecular weight excluding hydrogens is 413 g/mol. The summed E-state index contributed by atoms with van der Waals surface area (Å²) in [5, 5.41) is -0.423. The van der Waals surface area contributed by atoms with E-state index in [1.807, 2.05) is 6.92 Å². The first-order valence-corrected chi connectivity index (χ1v) is 8.76. The van der Waals surface area contributed by atoms with Gasteiger partial charge in [-0.25, -0.2) is 17.6 Å². The highest BCUT2D eigenvalue weighted by Crippen LogP contribution is 2.33. The molecule has 8 heteroatoms. The van der Waals surface area contributed by atoms with Gasteiger partial charge in [0, 0.05) is 10.9 Å². The number of ether oxygens (including phenoxy) is 1. The van der Waals surface area contributed by atoms with Crippen molar-refractivity contribution in [2.75, 3.05) is 0 Å². The standard InChI is InChI=1S/C22H13F7O/c1-2-3-13-9-17(23)16(18(24)10-13)7-5-12-4-6-15-14(8-12)11-19(25)21(20(15)26)30-22(27,28)29/h4,6,8-11H,2-3H2,1H3. The second-order valence-corrected chi connectivity index (χ2v) is 6.42. The first kappa shape index (κ1) is 21.5. The molecule has 0 aromatic heterocycles. The van der Waals surface area contributed by atoms with Crippen LogP contribution in [0.25, 0.3) is 10.8 Å². The van der Waals surface area contributed by atoms with Crippen molar-refractivity contribution in [2.45, 2.75) is 26.1 Å². The number of hydrogen-bond acceptors (Lipinski definition) is 1. The van der Waals surface area contributed by atoms with Gasteiger partial charge in [0.1, 0.15) is 11.6 Å². The average molecular weight is 426 g/mol. The van der Waals surface area contributed by atoms with Crippen molar-refractivity contribution in [3.05, 3.63) is 76.4 Å². The summed E-state index contributed by atoms with van der Waals surface area (Å²) < 4.78 is 96.8. The maximum Gasteiger partial charge on any atom is 0.573 e. The van der Waals surface area contributed by atoms with Crippen LogP contribution in [0.4, 0.5) is 30.7 Å². The fourth-order valence-electron chi connectivity index (χ4n) is 2.91. The molecule has 0 bridgehead atoms. The van der Waals surface area contributed by atoms with Gasteiger partial charge in [0.15, 0.2) is 11.6 Å². The minimum atomic E-state index is -5.26. The number of rotatable bonds is 3. The molecule has 156 valence electrons. The lowest BCUT2D eigenvalue weighted by molar-refractivity contribution is -0.276. The molecule has 0 spiro atoms. The molecule has 0 fully saturated rings. The van der Waals surface area contributed by atoms with E-state index in [4.69, 9.17) is 0 Å². The molecule has 0 heterocycles. The second-order valence-electron chi connectivity index (χ2n) is 6.42. The molecule has 0 radical (unpaired) electrons. The molecule has 0 saturated heterocycles. The van der Waals surface area contributed by atoms with Crippen LogP contribution in [-0.4, -0.2) is 6.36 Å². The molecule has 30 heavy (non-hydrogen) atoms. The summed E-state index contributed by atoms with van der Waals surface area (Å²) in [5.74, 6) is -1.47. The maximum absolute atomic E-state index is 14.2. The number of benzene rings is 3. The van der Waals surface area contributed by atoms with Crippen molar-refractivity contribution >= 4 is 10.8 Å². The van der Waals surface area contributed by atoms with Crippen molar-refractivity contribution in [3.8, 4) is 17.6 Å². The maximum atomic E-state index is 14.2. The van der Waals surface area contributed by atoms with Gasteiger partial charge in [-0.05, 0) is 47.7 Å². The lowest BCUT2D eigenvalue weighted by Crippen LogP contribution is -2.19. The van der Waals surface area contributed by atoms with Crippen LogP contribution in [0, 0.1) is 35.1 Å². The molecule has 0 aliphatic heterocycles. The van der Waals surface area contributed by atoms with Gasteiger partial charge in [-0.1, -0.05) is 31.3 Å². The zero-order chi connectivity index (χ0) is 22.1. The SMILES string of the molecule is CCCc1cc(F)c(C#Cc2ccc3c(F)c(OC(F)(F)F)c(F)cc3c2)c(F)c1. The Morgan fingerprint density at radius 3 is 2.13 bits per heavy atom. The van der Waals surface area contributed by atoms with Crippen LogP contribution < -0.4 is 4.74 Å². The quantitative estimate of drug-likeness (QED) is 0.337. The van der Waals surface area contributed by atoms with E-state index in [0.29, 0.717) is 24.5 Å². The van der Waals surface area contributed by atoms with Crippen LogP contribution in [-0.2, 0) is 6.42 Å². The van der Waals surface area contributed by atoms with Gasteiger partial charge in [0.05, 0.1) is 5.56 Å². The summed E-state index contributed by atoms with van der Waals surface area (Å²) >= 11 is 0. The van der Waals surface area contributed by atoms with Crippen LogP contribution in [0.5, 0.6) is 5.75 Å². The van der Waals surface area contributed by atoms with Crippen molar-refractivity contribution in [3.63, 3.8) is 0 Å². The predicted molar refractivity (Wildman–Crippen MR) is 96.9 cm³/mol. The summed E-state index contributed by atoms with van der Waals surface area (Å²) in [6.45, 7) is 1.87. The third kappa shape index (κ3) is 4.67. The van der Waals surface area contributed by atoms with Crippen LogP contribution in [0.15, 0.2) is 36.4 Å². The van der Waals surface area contributed by atoms with E-state index in [2.05, 4.69) is 16.6 Å². The third-order valence-corrected chi connectivity index (χ3v) is 4.18. The molecule has 3 aromatic carbocycles. The molecule has 1 nitrogen and oxygen atoms in total. The molecular formula is C22H13F7O. The Labute approximate surface area is 167 Å². The largest absolute Gasteiger partial charge is 0.573 e. The van der Waals surface area contributed by atoms with E-state index in [9.17, 15) is 30.7 Å². The highest BCUT2D eigenvalue weighted by atomic mass is 19.4. The molecule has 0 unspecified atom stereocenters. The summed E-state index contributed by atoms with van der Waals surface area (Å²) in [4.78, 5) is 0. The van der Waals surface area contributed by atoms with Gasteiger partial charge in [-0.15, -0.1) is 13.2 Å². The molecule has 0 atom stereocenters. The third-order valence-electron chi connectivity index (χ3n) is 4.18. The number of fused-ring (bicyclic) bond motifs is 1. The first-order valence-electron chi connectivity index (χ1n) is 8.76. The monoisotopic (exact) mass is 426 g/mol. The highest BCUT2D eigenvalue weighted by molar-refractivity contribution is 5.86. The summed E-state index contributed by atoms with van der Waals surface area (Å²) in [7, 11) is 0.